The molecule has 0 radical (unpaired) electrons. The Balaban J connectivity index is 1.75. The topological polar surface area (TPSA) is 50.1 Å². The van der Waals surface area contributed by atoms with E-state index in [1.165, 1.54) is 12.1 Å². The van der Waals surface area contributed by atoms with Crippen LogP contribution in [0.2, 0.25) is 0 Å². The third kappa shape index (κ3) is 3.87. The first-order chi connectivity index (χ1) is 12.3. The molecule has 1 aromatic carbocycles. The number of tetrazole rings is 1. The first-order valence-electron chi connectivity index (χ1n) is 9.30. The van der Waals surface area contributed by atoms with Gasteiger partial charge in [-0.15, -0.1) is 5.10 Å². The summed E-state index contributed by atoms with van der Waals surface area (Å²) < 4.78 is 15.1. The summed E-state index contributed by atoms with van der Waals surface area (Å²) in [6.45, 7) is 14.5. The van der Waals surface area contributed by atoms with Gasteiger partial charge in [0.25, 0.3) is 0 Å². The van der Waals surface area contributed by atoms with E-state index in [1.54, 1.807) is 0 Å². The fraction of sp³-hybridized carbons (Fsp3) is 0.632. The highest BCUT2D eigenvalue weighted by Crippen LogP contribution is 2.31. The zero-order chi connectivity index (χ0) is 18.9. The van der Waals surface area contributed by atoms with Crippen molar-refractivity contribution < 1.29 is 4.39 Å². The van der Waals surface area contributed by atoms with Crippen molar-refractivity contribution >= 4 is 5.69 Å². The van der Waals surface area contributed by atoms with Crippen molar-refractivity contribution in [3.63, 3.8) is 0 Å². The predicted molar refractivity (Wildman–Crippen MR) is 101 cm³/mol. The van der Waals surface area contributed by atoms with Crippen LogP contribution in [0.4, 0.5) is 10.1 Å². The van der Waals surface area contributed by atoms with E-state index in [1.807, 2.05) is 16.8 Å². The summed E-state index contributed by atoms with van der Waals surface area (Å²) >= 11 is 0. The summed E-state index contributed by atoms with van der Waals surface area (Å²) in [5.41, 5.74) is 0.925. The smallest absolute Gasteiger partial charge is 0.169 e. The van der Waals surface area contributed by atoms with Gasteiger partial charge in [-0.1, -0.05) is 13.8 Å². The lowest BCUT2D eigenvalue weighted by Gasteiger charge is -2.41. The maximum Gasteiger partial charge on any atom is 0.169 e. The van der Waals surface area contributed by atoms with E-state index in [0.717, 1.165) is 37.7 Å². The van der Waals surface area contributed by atoms with Gasteiger partial charge in [0.2, 0.25) is 0 Å². The van der Waals surface area contributed by atoms with Crippen molar-refractivity contribution in [2.75, 3.05) is 31.1 Å². The minimum atomic E-state index is -0.193. The van der Waals surface area contributed by atoms with Gasteiger partial charge in [-0.05, 0) is 61.4 Å². The van der Waals surface area contributed by atoms with Crippen LogP contribution in [0.5, 0.6) is 0 Å². The molecule has 0 saturated carbocycles. The number of rotatable bonds is 4. The van der Waals surface area contributed by atoms with Gasteiger partial charge in [-0.3, -0.25) is 4.90 Å². The van der Waals surface area contributed by atoms with Crippen molar-refractivity contribution in [3.05, 3.63) is 35.9 Å². The molecule has 2 heterocycles. The van der Waals surface area contributed by atoms with Crippen molar-refractivity contribution in [1.82, 2.24) is 25.1 Å². The summed E-state index contributed by atoms with van der Waals surface area (Å²) in [5, 5.41) is 12.6. The fourth-order valence-corrected chi connectivity index (χ4v) is 3.65. The third-order valence-corrected chi connectivity index (χ3v) is 4.92. The molecule has 1 aliphatic rings. The molecule has 142 valence electrons. The first-order valence-corrected chi connectivity index (χ1v) is 9.30. The third-order valence-electron chi connectivity index (χ3n) is 4.92. The van der Waals surface area contributed by atoms with Gasteiger partial charge in [-0.25, -0.2) is 9.07 Å². The number of hydrogen-bond acceptors (Lipinski definition) is 5. The number of halogens is 1. The summed E-state index contributed by atoms with van der Waals surface area (Å²) in [6, 6.07) is 6.93. The quantitative estimate of drug-likeness (QED) is 0.839. The van der Waals surface area contributed by atoms with Crippen LogP contribution >= 0.6 is 0 Å². The van der Waals surface area contributed by atoms with Crippen molar-refractivity contribution in [2.45, 2.75) is 46.2 Å². The number of benzene rings is 1. The predicted octanol–water partition coefficient (Wildman–Crippen LogP) is 3.09. The Labute approximate surface area is 155 Å². The first kappa shape index (κ1) is 18.8. The SMILES string of the molecule is CC(C)C(c1nnnn1C(C)(C)C)N1CCN(c2ccc(F)cc2)CC1. The molecule has 1 atom stereocenters. The molecule has 6 nitrogen and oxygen atoms in total. The molecule has 1 fully saturated rings. The highest BCUT2D eigenvalue weighted by atomic mass is 19.1. The van der Waals surface area contributed by atoms with E-state index < -0.39 is 0 Å². The molecule has 3 rings (SSSR count). The van der Waals surface area contributed by atoms with Gasteiger partial charge in [0.1, 0.15) is 5.82 Å². The van der Waals surface area contributed by atoms with Gasteiger partial charge in [0.05, 0.1) is 11.6 Å². The summed E-state index contributed by atoms with van der Waals surface area (Å²) in [6.07, 6.45) is 0. The van der Waals surface area contributed by atoms with Crippen LogP contribution in [0.1, 0.15) is 46.5 Å². The van der Waals surface area contributed by atoms with Crippen molar-refractivity contribution in [2.24, 2.45) is 5.92 Å². The molecular weight excluding hydrogens is 331 g/mol. The Hall–Kier alpha value is -2.02. The number of piperazine rings is 1. The molecule has 2 aromatic rings. The second-order valence-corrected chi connectivity index (χ2v) is 8.31. The molecule has 0 spiro atoms. The molecule has 7 heteroatoms. The standard InChI is InChI=1S/C19H29FN6/c1-14(2)17(18-21-22-23-26(18)19(3,4)5)25-12-10-24(11-13-25)16-8-6-15(20)7-9-16/h6-9,14,17H,10-13H2,1-5H3. The maximum atomic E-state index is 13.2. The average Bonchev–Trinajstić information content (AvgIpc) is 3.06. The lowest BCUT2D eigenvalue weighted by Crippen LogP contribution is -2.49. The van der Waals surface area contributed by atoms with Crippen LogP contribution in [0, 0.1) is 11.7 Å². The minimum absolute atomic E-state index is 0.151. The van der Waals surface area contributed by atoms with Gasteiger partial charge in [-0.2, -0.15) is 0 Å². The normalized spacial score (nSPS) is 17.7. The van der Waals surface area contributed by atoms with E-state index in [2.05, 4.69) is 59.9 Å². The Kier molecular flexibility index (Phi) is 5.27. The number of aromatic nitrogens is 4. The zero-order valence-electron chi connectivity index (χ0n) is 16.4. The Morgan fingerprint density at radius 1 is 1.00 bits per heavy atom. The molecule has 0 N–H and O–H groups in total. The second-order valence-electron chi connectivity index (χ2n) is 8.31. The van der Waals surface area contributed by atoms with E-state index in [9.17, 15) is 4.39 Å². The van der Waals surface area contributed by atoms with Crippen LogP contribution in [0.3, 0.4) is 0 Å². The Morgan fingerprint density at radius 3 is 2.15 bits per heavy atom. The number of nitrogens with zero attached hydrogens (tertiary/aromatic N) is 6. The van der Waals surface area contributed by atoms with E-state index in [4.69, 9.17) is 0 Å². The lowest BCUT2D eigenvalue weighted by molar-refractivity contribution is 0.128. The number of hydrogen-bond donors (Lipinski definition) is 0. The summed E-state index contributed by atoms with van der Waals surface area (Å²) in [5.74, 6) is 1.14. The van der Waals surface area contributed by atoms with Crippen molar-refractivity contribution in [3.8, 4) is 0 Å². The maximum absolute atomic E-state index is 13.2. The lowest BCUT2D eigenvalue weighted by atomic mass is 9.99. The van der Waals surface area contributed by atoms with Crippen LogP contribution in [-0.2, 0) is 5.54 Å². The summed E-state index contributed by atoms with van der Waals surface area (Å²) in [4.78, 5) is 4.78. The average molecular weight is 360 g/mol. The molecule has 1 aromatic heterocycles. The van der Waals surface area contributed by atoms with E-state index >= 15 is 0 Å². The molecule has 1 unspecified atom stereocenters. The Morgan fingerprint density at radius 2 is 1.62 bits per heavy atom. The van der Waals surface area contributed by atoms with Crippen LogP contribution in [-0.4, -0.2) is 51.3 Å². The second kappa shape index (κ2) is 7.31. The Bertz CT molecular complexity index is 710. The van der Waals surface area contributed by atoms with Crippen LogP contribution in [0.25, 0.3) is 0 Å². The van der Waals surface area contributed by atoms with Crippen LogP contribution in [0.15, 0.2) is 24.3 Å². The van der Waals surface area contributed by atoms with Gasteiger partial charge in [0.15, 0.2) is 5.82 Å². The highest BCUT2D eigenvalue weighted by molar-refractivity contribution is 5.46. The molecule has 1 aliphatic heterocycles. The van der Waals surface area contributed by atoms with E-state index in [0.29, 0.717) is 5.92 Å². The molecule has 0 amide bonds. The minimum Gasteiger partial charge on any atom is -0.369 e. The highest BCUT2D eigenvalue weighted by Gasteiger charge is 2.33. The largest absolute Gasteiger partial charge is 0.369 e. The summed E-state index contributed by atoms with van der Waals surface area (Å²) in [7, 11) is 0. The molecule has 0 aliphatic carbocycles. The molecular formula is C19H29FN6. The molecule has 0 bridgehead atoms. The fourth-order valence-electron chi connectivity index (χ4n) is 3.65. The van der Waals surface area contributed by atoms with Gasteiger partial charge >= 0.3 is 0 Å². The number of anilines is 1. The zero-order valence-corrected chi connectivity index (χ0v) is 16.4. The van der Waals surface area contributed by atoms with Gasteiger partial charge < -0.3 is 4.90 Å². The molecule has 26 heavy (non-hydrogen) atoms. The molecule has 1 saturated heterocycles. The van der Waals surface area contributed by atoms with Gasteiger partial charge in [0, 0.05) is 31.9 Å². The van der Waals surface area contributed by atoms with Crippen LogP contribution < -0.4 is 4.90 Å². The van der Waals surface area contributed by atoms with Crippen molar-refractivity contribution in [1.29, 1.82) is 0 Å². The monoisotopic (exact) mass is 360 g/mol. The van der Waals surface area contributed by atoms with E-state index in [-0.39, 0.29) is 17.4 Å².